The normalized spacial score (nSPS) is 19.8. The zero-order valence-corrected chi connectivity index (χ0v) is 10.9. The molecule has 2 N–H and O–H groups in total. The molecule has 0 heterocycles. The van der Waals surface area contributed by atoms with Crippen LogP contribution in [0.5, 0.6) is 0 Å². The molecule has 0 spiro atoms. The maximum atomic E-state index is 14.9. The van der Waals surface area contributed by atoms with E-state index in [0.717, 1.165) is 19.3 Å². The molecule has 18 heavy (non-hydrogen) atoms. The summed E-state index contributed by atoms with van der Waals surface area (Å²) in [4.78, 5) is 0. The minimum absolute atomic E-state index is 0.0638. The van der Waals surface area contributed by atoms with Crippen LogP contribution in [0.15, 0.2) is 24.3 Å². The van der Waals surface area contributed by atoms with Gasteiger partial charge in [-0.25, -0.2) is 8.78 Å². The summed E-state index contributed by atoms with van der Waals surface area (Å²) in [5.41, 5.74) is 5.49. The molecule has 2 rings (SSSR count). The van der Waals surface area contributed by atoms with E-state index in [-0.39, 0.29) is 12.1 Å². The molecule has 1 nitrogen and oxygen atoms in total. The van der Waals surface area contributed by atoms with Gasteiger partial charge < -0.3 is 5.73 Å². The Morgan fingerprint density at radius 3 is 2.33 bits per heavy atom. The Morgan fingerprint density at radius 2 is 1.78 bits per heavy atom. The van der Waals surface area contributed by atoms with Crippen molar-refractivity contribution in [3.05, 3.63) is 35.4 Å². The summed E-state index contributed by atoms with van der Waals surface area (Å²) in [5, 5.41) is 0. The van der Waals surface area contributed by atoms with Gasteiger partial charge in [0.1, 0.15) is 0 Å². The quantitative estimate of drug-likeness (QED) is 0.865. The number of alkyl halides is 2. The highest BCUT2D eigenvalue weighted by Crippen LogP contribution is 2.53. The number of hydrogen-bond acceptors (Lipinski definition) is 1. The number of nitrogens with two attached hydrogens (primary N) is 1. The fourth-order valence-corrected chi connectivity index (χ4v) is 3.09. The van der Waals surface area contributed by atoms with Crippen LogP contribution >= 0.6 is 0 Å². The van der Waals surface area contributed by atoms with Gasteiger partial charge >= 0.3 is 0 Å². The third-order valence-electron chi connectivity index (χ3n) is 4.35. The Morgan fingerprint density at radius 1 is 1.17 bits per heavy atom. The molecule has 1 aromatic rings. The molecular weight excluding hydrogens is 232 g/mol. The lowest BCUT2D eigenvalue weighted by Crippen LogP contribution is -2.46. The number of benzene rings is 1. The molecule has 1 aliphatic carbocycles. The van der Waals surface area contributed by atoms with Gasteiger partial charge in [-0.2, -0.15) is 0 Å². The molecule has 0 amide bonds. The van der Waals surface area contributed by atoms with Crippen LogP contribution in [0.3, 0.4) is 0 Å². The SMILES string of the molecule is Cc1ccccc1C(F)(F)C1(CN)CCCCC1. The first-order valence-electron chi connectivity index (χ1n) is 6.67. The van der Waals surface area contributed by atoms with Crippen molar-refractivity contribution in [2.45, 2.75) is 45.0 Å². The van der Waals surface area contributed by atoms with Crippen molar-refractivity contribution >= 4 is 0 Å². The Kier molecular flexibility index (Phi) is 3.71. The number of halogens is 2. The van der Waals surface area contributed by atoms with Crippen molar-refractivity contribution in [1.29, 1.82) is 0 Å². The Bertz CT molecular complexity index is 409. The predicted octanol–water partition coefficient (Wildman–Crippen LogP) is 4.00. The summed E-state index contributed by atoms with van der Waals surface area (Å²) in [5.74, 6) is -2.83. The third kappa shape index (κ3) is 2.05. The van der Waals surface area contributed by atoms with Gasteiger partial charge in [0, 0.05) is 12.1 Å². The highest BCUT2D eigenvalue weighted by Gasteiger charge is 2.54. The largest absolute Gasteiger partial charge is 0.330 e. The molecule has 0 atom stereocenters. The van der Waals surface area contributed by atoms with Crippen LogP contribution in [-0.4, -0.2) is 6.54 Å². The summed E-state index contributed by atoms with van der Waals surface area (Å²) in [6, 6.07) is 6.77. The molecule has 0 radical (unpaired) electrons. The monoisotopic (exact) mass is 253 g/mol. The lowest BCUT2D eigenvalue weighted by atomic mass is 9.67. The lowest BCUT2D eigenvalue weighted by molar-refractivity contribution is -0.143. The fourth-order valence-electron chi connectivity index (χ4n) is 3.09. The smallest absolute Gasteiger partial charge is 0.280 e. The van der Waals surface area contributed by atoms with Gasteiger partial charge in [0.15, 0.2) is 0 Å². The topological polar surface area (TPSA) is 26.0 Å². The van der Waals surface area contributed by atoms with E-state index in [1.54, 1.807) is 31.2 Å². The molecule has 1 aliphatic rings. The highest BCUT2D eigenvalue weighted by atomic mass is 19.3. The minimum Gasteiger partial charge on any atom is -0.330 e. The van der Waals surface area contributed by atoms with E-state index >= 15 is 0 Å². The molecule has 0 aliphatic heterocycles. The van der Waals surface area contributed by atoms with Crippen LogP contribution in [0.1, 0.15) is 43.2 Å². The summed E-state index contributed by atoms with van der Waals surface area (Å²) >= 11 is 0. The van der Waals surface area contributed by atoms with Gasteiger partial charge in [-0.15, -0.1) is 0 Å². The van der Waals surface area contributed by atoms with E-state index in [4.69, 9.17) is 5.73 Å². The van der Waals surface area contributed by atoms with Crippen LogP contribution in [0.4, 0.5) is 8.78 Å². The van der Waals surface area contributed by atoms with Crippen LogP contribution in [0.2, 0.25) is 0 Å². The molecule has 1 aromatic carbocycles. The van der Waals surface area contributed by atoms with E-state index in [9.17, 15) is 8.78 Å². The molecule has 0 bridgehead atoms. The molecule has 100 valence electrons. The average molecular weight is 253 g/mol. The molecule has 3 heteroatoms. The second-order valence-corrected chi connectivity index (χ2v) is 5.43. The van der Waals surface area contributed by atoms with Crippen molar-refractivity contribution in [2.24, 2.45) is 11.1 Å². The van der Waals surface area contributed by atoms with Gasteiger partial charge in [-0.1, -0.05) is 43.5 Å². The Balaban J connectivity index is 2.42. The maximum Gasteiger partial charge on any atom is 0.280 e. The van der Waals surface area contributed by atoms with Gasteiger partial charge in [0.2, 0.25) is 0 Å². The maximum absolute atomic E-state index is 14.9. The van der Waals surface area contributed by atoms with Crippen molar-refractivity contribution in [3.63, 3.8) is 0 Å². The van der Waals surface area contributed by atoms with E-state index in [0.29, 0.717) is 18.4 Å². The van der Waals surface area contributed by atoms with E-state index in [1.165, 1.54) is 0 Å². The van der Waals surface area contributed by atoms with E-state index < -0.39 is 11.3 Å². The van der Waals surface area contributed by atoms with Gasteiger partial charge in [-0.3, -0.25) is 0 Å². The molecule has 1 fully saturated rings. The molecule has 0 unspecified atom stereocenters. The standard InChI is InChI=1S/C15H21F2N/c1-12-7-3-4-8-13(12)15(16,17)14(11-18)9-5-2-6-10-14/h3-4,7-8H,2,5-6,9-11,18H2,1H3. The van der Waals surface area contributed by atoms with E-state index in [2.05, 4.69) is 0 Å². The first kappa shape index (κ1) is 13.5. The number of rotatable bonds is 3. The van der Waals surface area contributed by atoms with Crippen molar-refractivity contribution in [2.75, 3.05) is 6.54 Å². The molecular formula is C15H21F2N. The number of aryl methyl sites for hydroxylation is 1. The Hall–Kier alpha value is -0.960. The minimum atomic E-state index is -2.83. The summed E-state index contributed by atoms with van der Waals surface area (Å²) < 4.78 is 29.8. The zero-order chi connectivity index (χ0) is 13.2. The van der Waals surface area contributed by atoms with Gasteiger partial charge in [-0.05, 0) is 25.3 Å². The zero-order valence-electron chi connectivity index (χ0n) is 10.9. The molecule has 0 aromatic heterocycles. The van der Waals surface area contributed by atoms with Crippen LogP contribution in [0.25, 0.3) is 0 Å². The van der Waals surface area contributed by atoms with Crippen molar-refractivity contribution in [1.82, 2.24) is 0 Å². The first-order chi connectivity index (χ1) is 8.53. The average Bonchev–Trinajstić information content (AvgIpc) is 2.39. The molecule has 1 saturated carbocycles. The van der Waals surface area contributed by atoms with E-state index in [1.807, 2.05) is 0 Å². The van der Waals surface area contributed by atoms with Crippen LogP contribution in [-0.2, 0) is 5.92 Å². The predicted molar refractivity (Wildman–Crippen MR) is 69.6 cm³/mol. The van der Waals surface area contributed by atoms with Gasteiger partial charge in [0.05, 0.1) is 5.41 Å². The third-order valence-corrected chi connectivity index (χ3v) is 4.35. The molecule has 0 saturated heterocycles. The van der Waals surface area contributed by atoms with Crippen LogP contribution in [0, 0.1) is 12.3 Å². The fraction of sp³-hybridized carbons (Fsp3) is 0.600. The summed E-state index contributed by atoms with van der Waals surface area (Å²) in [6.45, 7) is 1.81. The summed E-state index contributed by atoms with van der Waals surface area (Å²) in [7, 11) is 0. The lowest BCUT2D eigenvalue weighted by Gasteiger charge is -2.43. The van der Waals surface area contributed by atoms with Crippen LogP contribution < -0.4 is 5.73 Å². The highest BCUT2D eigenvalue weighted by molar-refractivity contribution is 5.31. The second-order valence-electron chi connectivity index (χ2n) is 5.43. The first-order valence-corrected chi connectivity index (χ1v) is 6.67. The van der Waals surface area contributed by atoms with Crippen molar-refractivity contribution < 1.29 is 8.78 Å². The second kappa shape index (κ2) is 4.96. The van der Waals surface area contributed by atoms with Crippen molar-refractivity contribution in [3.8, 4) is 0 Å². The summed E-state index contributed by atoms with van der Waals surface area (Å²) in [6.07, 6.45) is 3.83. The number of hydrogen-bond donors (Lipinski definition) is 1. The Labute approximate surface area is 107 Å². The van der Waals surface area contributed by atoms with Gasteiger partial charge in [0.25, 0.3) is 5.92 Å².